The molecule has 0 aliphatic carbocycles. The van der Waals surface area contributed by atoms with Gasteiger partial charge in [-0.1, -0.05) is 0 Å². The number of hydrogen-bond acceptors (Lipinski definition) is 7. The summed E-state index contributed by atoms with van der Waals surface area (Å²) in [6.07, 6.45) is 0.168. The molecule has 1 unspecified atom stereocenters. The summed E-state index contributed by atoms with van der Waals surface area (Å²) in [5, 5.41) is 5.78. The van der Waals surface area contributed by atoms with Gasteiger partial charge < -0.3 is 24.1 Å². The summed E-state index contributed by atoms with van der Waals surface area (Å²) < 4.78 is 16.9. The first-order chi connectivity index (χ1) is 15.1. The lowest BCUT2D eigenvalue weighted by atomic mass is 10.1. The first-order valence-electron chi connectivity index (χ1n) is 10.1. The molecule has 1 atom stereocenters. The second-order valence-electron chi connectivity index (χ2n) is 7.47. The van der Waals surface area contributed by atoms with Crippen molar-refractivity contribution in [1.29, 1.82) is 0 Å². The number of rotatable bonds is 5. The minimum absolute atomic E-state index is 0.0870. The molecule has 1 aromatic carbocycles. The van der Waals surface area contributed by atoms with Crippen molar-refractivity contribution in [3.8, 4) is 23.0 Å². The van der Waals surface area contributed by atoms with Crippen LogP contribution in [0.25, 0.3) is 11.5 Å². The second kappa shape index (κ2) is 8.07. The van der Waals surface area contributed by atoms with E-state index in [1.807, 2.05) is 30.5 Å². The van der Waals surface area contributed by atoms with E-state index in [2.05, 4.69) is 10.3 Å². The monoisotopic (exact) mass is 439 g/mol. The number of fused-ring (bicyclic) bond motifs is 1. The van der Waals surface area contributed by atoms with E-state index in [0.717, 1.165) is 10.7 Å². The summed E-state index contributed by atoms with van der Waals surface area (Å²) in [6.45, 7) is 3.52. The highest BCUT2D eigenvalue weighted by molar-refractivity contribution is 7.09. The van der Waals surface area contributed by atoms with Crippen molar-refractivity contribution in [3.05, 3.63) is 46.5 Å². The quantitative estimate of drug-likeness (QED) is 0.656. The van der Waals surface area contributed by atoms with Crippen molar-refractivity contribution in [2.75, 3.05) is 24.7 Å². The summed E-state index contributed by atoms with van der Waals surface area (Å²) in [7, 11) is 0. The third-order valence-corrected chi connectivity index (χ3v) is 6.08. The number of carbonyl (C=O) groups is 2. The lowest BCUT2D eigenvalue weighted by molar-refractivity contribution is -0.126. The number of carbonyl (C=O) groups excluding carboxylic acids is 2. The standard InChI is InChI=1S/C22H21N3O5S/c1-13-24-17(12-31-13)18-5-3-16(30-18)10-23-22(27)14-8-21(26)25(11-14)15-2-4-19-20(9-15)29-7-6-28-19/h2-5,9,12,14H,6-8,10-11H2,1H3,(H,23,27). The van der Waals surface area contributed by atoms with Crippen molar-refractivity contribution >= 4 is 28.8 Å². The summed E-state index contributed by atoms with van der Waals surface area (Å²) in [5.41, 5.74) is 1.50. The Kier molecular flexibility index (Phi) is 5.11. The Morgan fingerprint density at radius 2 is 2.06 bits per heavy atom. The van der Waals surface area contributed by atoms with Gasteiger partial charge in [0.15, 0.2) is 17.3 Å². The fourth-order valence-electron chi connectivity index (χ4n) is 3.74. The highest BCUT2D eigenvalue weighted by Crippen LogP contribution is 2.36. The van der Waals surface area contributed by atoms with Crippen LogP contribution in [-0.4, -0.2) is 36.6 Å². The molecule has 3 aromatic rings. The lowest BCUT2D eigenvalue weighted by Gasteiger charge is -2.22. The number of thiazole rings is 1. The second-order valence-corrected chi connectivity index (χ2v) is 8.53. The molecule has 8 nitrogen and oxygen atoms in total. The molecule has 0 radical (unpaired) electrons. The zero-order valence-corrected chi connectivity index (χ0v) is 17.7. The first kappa shape index (κ1) is 19.6. The van der Waals surface area contributed by atoms with Crippen molar-refractivity contribution in [2.24, 2.45) is 5.92 Å². The molecule has 2 aromatic heterocycles. The van der Waals surface area contributed by atoms with E-state index in [1.165, 1.54) is 0 Å². The molecule has 0 spiro atoms. The number of anilines is 1. The van der Waals surface area contributed by atoms with Gasteiger partial charge in [0.05, 0.1) is 17.5 Å². The average molecular weight is 439 g/mol. The molecule has 0 saturated carbocycles. The molecule has 5 rings (SSSR count). The number of furan rings is 1. The van der Waals surface area contributed by atoms with Crippen LogP contribution in [0.1, 0.15) is 17.2 Å². The van der Waals surface area contributed by atoms with E-state index in [1.54, 1.807) is 28.4 Å². The maximum Gasteiger partial charge on any atom is 0.227 e. The van der Waals surface area contributed by atoms with Gasteiger partial charge in [-0.05, 0) is 31.2 Å². The fraction of sp³-hybridized carbons (Fsp3) is 0.318. The van der Waals surface area contributed by atoms with Crippen molar-refractivity contribution in [1.82, 2.24) is 10.3 Å². The van der Waals surface area contributed by atoms with E-state index < -0.39 is 5.92 Å². The van der Waals surface area contributed by atoms with Gasteiger partial charge in [-0.15, -0.1) is 11.3 Å². The number of nitrogens with zero attached hydrogens (tertiary/aromatic N) is 2. The number of amides is 2. The summed E-state index contributed by atoms with van der Waals surface area (Å²) in [4.78, 5) is 31.2. The minimum atomic E-state index is -0.420. The number of aromatic nitrogens is 1. The Balaban J connectivity index is 1.20. The lowest BCUT2D eigenvalue weighted by Crippen LogP contribution is -2.32. The number of aryl methyl sites for hydroxylation is 1. The molecular weight excluding hydrogens is 418 g/mol. The molecule has 1 N–H and O–H groups in total. The highest BCUT2D eigenvalue weighted by atomic mass is 32.1. The van der Waals surface area contributed by atoms with E-state index in [-0.39, 0.29) is 24.8 Å². The smallest absolute Gasteiger partial charge is 0.227 e. The van der Waals surface area contributed by atoms with E-state index in [0.29, 0.717) is 48.5 Å². The van der Waals surface area contributed by atoms with Gasteiger partial charge in [-0.25, -0.2) is 4.98 Å². The van der Waals surface area contributed by atoms with Crippen molar-refractivity contribution < 1.29 is 23.5 Å². The highest BCUT2D eigenvalue weighted by Gasteiger charge is 2.35. The number of nitrogens with one attached hydrogen (secondary N) is 1. The molecule has 160 valence electrons. The van der Waals surface area contributed by atoms with Crippen molar-refractivity contribution in [3.63, 3.8) is 0 Å². The Labute approximate surface area is 182 Å². The summed E-state index contributed by atoms with van der Waals surface area (Å²) in [6, 6.07) is 9.07. The fourth-order valence-corrected chi connectivity index (χ4v) is 4.34. The minimum Gasteiger partial charge on any atom is -0.486 e. The van der Waals surface area contributed by atoms with Crippen LogP contribution in [0.3, 0.4) is 0 Å². The largest absolute Gasteiger partial charge is 0.486 e. The normalized spacial score (nSPS) is 17.8. The Bertz CT molecular complexity index is 1140. The number of benzene rings is 1. The molecule has 1 fully saturated rings. The molecule has 4 heterocycles. The number of ether oxygens (including phenoxy) is 2. The van der Waals surface area contributed by atoms with E-state index >= 15 is 0 Å². The Morgan fingerprint density at radius 3 is 2.87 bits per heavy atom. The number of hydrogen-bond donors (Lipinski definition) is 1. The zero-order valence-electron chi connectivity index (χ0n) is 16.9. The summed E-state index contributed by atoms with van der Waals surface area (Å²) >= 11 is 1.56. The predicted octanol–water partition coefficient (Wildman–Crippen LogP) is 3.15. The van der Waals surface area contributed by atoms with Gasteiger partial charge >= 0.3 is 0 Å². The maximum absolute atomic E-state index is 12.7. The zero-order chi connectivity index (χ0) is 21.4. The molecule has 2 amide bonds. The first-order valence-corrected chi connectivity index (χ1v) is 10.9. The van der Waals surface area contributed by atoms with Gasteiger partial charge in [-0.2, -0.15) is 0 Å². The van der Waals surface area contributed by atoms with Crippen LogP contribution < -0.4 is 19.7 Å². The molecule has 2 aliphatic rings. The van der Waals surface area contributed by atoms with Crippen LogP contribution in [0.2, 0.25) is 0 Å². The molecule has 1 saturated heterocycles. The Morgan fingerprint density at radius 1 is 1.23 bits per heavy atom. The van der Waals surface area contributed by atoms with Crippen molar-refractivity contribution in [2.45, 2.75) is 19.9 Å². The molecule has 0 bridgehead atoms. The van der Waals surface area contributed by atoms with Crippen LogP contribution >= 0.6 is 11.3 Å². The van der Waals surface area contributed by atoms with E-state index in [9.17, 15) is 9.59 Å². The van der Waals surface area contributed by atoms with Crippen LogP contribution in [-0.2, 0) is 16.1 Å². The molecule has 9 heteroatoms. The van der Waals surface area contributed by atoms with Gasteiger partial charge in [-0.3, -0.25) is 9.59 Å². The van der Waals surface area contributed by atoms with Crippen LogP contribution in [0.15, 0.2) is 40.1 Å². The Hall–Kier alpha value is -3.33. The average Bonchev–Trinajstić information content (AvgIpc) is 3.51. The third-order valence-electron chi connectivity index (χ3n) is 5.30. The predicted molar refractivity (Wildman–Crippen MR) is 114 cm³/mol. The summed E-state index contributed by atoms with van der Waals surface area (Å²) in [5.74, 6) is 1.93. The molecule has 2 aliphatic heterocycles. The maximum atomic E-state index is 12.7. The van der Waals surface area contributed by atoms with E-state index in [4.69, 9.17) is 13.9 Å². The van der Waals surface area contributed by atoms with Crippen LogP contribution in [0.4, 0.5) is 5.69 Å². The van der Waals surface area contributed by atoms with Gasteiger partial charge in [0.1, 0.15) is 24.7 Å². The van der Waals surface area contributed by atoms with Gasteiger partial charge in [0, 0.05) is 30.1 Å². The molecule has 31 heavy (non-hydrogen) atoms. The SMILES string of the molecule is Cc1nc(-c2ccc(CNC(=O)C3CC(=O)N(c4ccc5c(c4)OCCO5)C3)o2)cs1. The van der Waals surface area contributed by atoms with Crippen LogP contribution in [0, 0.1) is 12.8 Å². The third kappa shape index (κ3) is 4.00. The van der Waals surface area contributed by atoms with Crippen LogP contribution in [0.5, 0.6) is 11.5 Å². The topological polar surface area (TPSA) is 93.9 Å². The van der Waals surface area contributed by atoms with Gasteiger partial charge in [0.25, 0.3) is 0 Å². The molecular formula is C22H21N3O5S. The van der Waals surface area contributed by atoms with Gasteiger partial charge in [0.2, 0.25) is 11.8 Å².